The number of benzene rings is 1. The first-order chi connectivity index (χ1) is 8.20. The van der Waals surface area contributed by atoms with E-state index in [0.717, 1.165) is 6.07 Å². The fraction of sp³-hybridized carbons (Fsp3) is 0.167. The highest BCUT2D eigenvalue weighted by Gasteiger charge is 2.10. The summed E-state index contributed by atoms with van der Waals surface area (Å²) in [5.74, 6) is 0.531. The van der Waals surface area contributed by atoms with Crippen molar-refractivity contribution in [3.05, 3.63) is 42.1 Å². The predicted octanol–water partition coefficient (Wildman–Crippen LogP) is 2.59. The Labute approximate surface area is 97.7 Å². The lowest BCUT2D eigenvalue weighted by Gasteiger charge is -2.09. The molecule has 2 N–H and O–H groups in total. The lowest BCUT2D eigenvalue weighted by atomic mass is 10.2. The van der Waals surface area contributed by atoms with E-state index in [2.05, 4.69) is 0 Å². The molecule has 4 nitrogen and oxygen atoms in total. The van der Waals surface area contributed by atoms with E-state index in [1.54, 1.807) is 12.1 Å². The number of hydrogen-bond donors (Lipinski definition) is 1. The third-order valence-electron chi connectivity index (χ3n) is 2.23. The minimum Gasteiger partial charge on any atom is -0.494 e. The second-order valence-corrected chi connectivity index (χ2v) is 3.39. The summed E-state index contributed by atoms with van der Waals surface area (Å²) < 4.78 is 28.8. The van der Waals surface area contributed by atoms with Gasteiger partial charge in [0, 0.05) is 12.1 Å². The van der Waals surface area contributed by atoms with E-state index in [4.69, 9.17) is 19.6 Å². The fourth-order valence-electron chi connectivity index (χ4n) is 1.38. The van der Waals surface area contributed by atoms with Crippen molar-refractivity contribution in [2.24, 2.45) is 0 Å². The Balaban J connectivity index is 2.15. The normalized spacial score (nSPS) is 10.2. The van der Waals surface area contributed by atoms with Crippen LogP contribution in [0.1, 0.15) is 5.76 Å². The first-order valence-electron chi connectivity index (χ1n) is 4.99. The van der Waals surface area contributed by atoms with E-state index in [0.29, 0.717) is 11.5 Å². The summed E-state index contributed by atoms with van der Waals surface area (Å²) in [7, 11) is 1.46. The van der Waals surface area contributed by atoms with Crippen LogP contribution in [0.2, 0.25) is 0 Å². The molecular weight excluding hydrogens is 225 g/mol. The molecule has 0 aliphatic heterocycles. The molecule has 2 aromatic rings. The van der Waals surface area contributed by atoms with Crippen molar-refractivity contribution in [2.75, 3.05) is 12.8 Å². The van der Waals surface area contributed by atoms with Gasteiger partial charge in [-0.25, -0.2) is 4.39 Å². The van der Waals surface area contributed by atoms with Crippen LogP contribution in [0.25, 0.3) is 0 Å². The average molecular weight is 237 g/mol. The molecule has 0 saturated carbocycles. The van der Waals surface area contributed by atoms with Gasteiger partial charge in [-0.15, -0.1) is 0 Å². The zero-order chi connectivity index (χ0) is 12.3. The molecule has 1 heterocycles. The molecule has 0 unspecified atom stereocenters. The van der Waals surface area contributed by atoms with Crippen LogP contribution in [0.4, 0.5) is 10.1 Å². The number of furan rings is 1. The maximum absolute atomic E-state index is 13.5. The Kier molecular flexibility index (Phi) is 3.18. The van der Waals surface area contributed by atoms with Gasteiger partial charge in [0.05, 0.1) is 19.1 Å². The molecule has 0 amide bonds. The quantitative estimate of drug-likeness (QED) is 0.830. The molecule has 0 saturated heterocycles. The third-order valence-corrected chi connectivity index (χ3v) is 2.23. The summed E-state index contributed by atoms with van der Waals surface area (Å²) in [5.41, 5.74) is 5.78. The largest absolute Gasteiger partial charge is 0.494 e. The summed E-state index contributed by atoms with van der Waals surface area (Å²) >= 11 is 0. The molecule has 2 rings (SSSR count). The first kappa shape index (κ1) is 11.3. The highest BCUT2D eigenvalue weighted by Crippen LogP contribution is 2.30. The lowest BCUT2D eigenvalue weighted by molar-refractivity contribution is 0.257. The Morgan fingerprint density at radius 3 is 2.82 bits per heavy atom. The summed E-state index contributed by atoms with van der Waals surface area (Å²) in [5, 5.41) is 0. The van der Waals surface area contributed by atoms with Gasteiger partial charge in [-0.3, -0.25) is 0 Å². The minimum absolute atomic E-state index is 0.0763. The van der Waals surface area contributed by atoms with E-state index < -0.39 is 5.82 Å². The van der Waals surface area contributed by atoms with Gasteiger partial charge in [0.15, 0.2) is 11.6 Å². The number of halogens is 1. The number of nitrogens with two attached hydrogens (primary N) is 1. The topological polar surface area (TPSA) is 57.6 Å². The Hall–Kier alpha value is -2.17. The Morgan fingerprint density at radius 2 is 2.18 bits per heavy atom. The van der Waals surface area contributed by atoms with Crippen molar-refractivity contribution in [1.29, 1.82) is 0 Å². The maximum Gasteiger partial charge on any atom is 0.167 e. The second kappa shape index (κ2) is 4.78. The summed E-state index contributed by atoms with van der Waals surface area (Å²) in [6.45, 7) is 0.150. The number of hydrogen-bond acceptors (Lipinski definition) is 4. The summed E-state index contributed by atoms with van der Waals surface area (Å²) in [6.07, 6.45) is 1.53. The van der Waals surface area contributed by atoms with E-state index >= 15 is 0 Å². The maximum atomic E-state index is 13.5. The van der Waals surface area contributed by atoms with Crippen LogP contribution in [0.5, 0.6) is 11.5 Å². The van der Waals surface area contributed by atoms with Gasteiger partial charge in [0.2, 0.25) is 0 Å². The van der Waals surface area contributed by atoms with E-state index in [1.807, 2.05) is 0 Å². The Bertz CT molecular complexity index is 497. The Morgan fingerprint density at radius 1 is 1.35 bits per heavy atom. The van der Waals surface area contributed by atoms with Crippen molar-refractivity contribution >= 4 is 5.69 Å². The van der Waals surface area contributed by atoms with Gasteiger partial charge in [0.1, 0.15) is 18.1 Å². The highest BCUT2D eigenvalue weighted by molar-refractivity contribution is 5.56. The van der Waals surface area contributed by atoms with Crippen LogP contribution < -0.4 is 15.2 Å². The molecule has 0 radical (unpaired) electrons. The lowest BCUT2D eigenvalue weighted by Crippen LogP contribution is -1.99. The van der Waals surface area contributed by atoms with Gasteiger partial charge in [0.25, 0.3) is 0 Å². The van der Waals surface area contributed by atoms with E-state index in [-0.39, 0.29) is 18.0 Å². The van der Waals surface area contributed by atoms with E-state index in [1.165, 1.54) is 19.4 Å². The second-order valence-electron chi connectivity index (χ2n) is 3.39. The van der Waals surface area contributed by atoms with Gasteiger partial charge >= 0.3 is 0 Å². The molecule has 5 heteroatoms. The van der Waals surface area contributed by atoms with Crippen LogP contribution in [0.15, 0.2) is 34.9 Å². The number of anilines is 1. The standard InChI is InChI=1S/C12H12FNO3/c1-15-12-6-11(9(13)5-10(12)14)17-7-8-3-2-4-16-8/h2-6H,7,14H2,1H3. The third kappa shape index (κ3) is 2.50. The number of nitrogen functional groups attached to an aromatic ring is 1. The molecule has 0 fully saturated rings. The fourth-order valence-corrected chi connectivity index (χ4v) is 1.38. The molecule has 90 valence electrons. The van der Waals surface area contributed by atoms with Crippen molar-refractivity contribution in [2.45, 2.75) is 6.61 Å². The van der Waals surface area contributed by atoms with E-state index in [9.17, 15) is 4.39 Å². The molecule has 1 aromatic heterocycles. The monoisotopic (exact) mass is 237 g/mol. The highest BCUT2D eigenvalue weighted by atomic mass is 19.1. The van der Waals surface area contributed by atoms with Gasteiger partial charge in [-0.1, -0.05) is 0 Å². The van der Waals surface area contributed by atoms with Crippen molar-refractivity contribution in [1.82, 2.24) is 0 Å². The van der Waals surface area contributed by atoms with Crippen molar-refractivity contribution < 1.29 is 18.3 Å². The molecule has 1 aromatic carbocycles. The smallest absolute Gasteiger partial charge is 0.167 e. The van der Waals surface area contributed by atoms with Crippen LogP contribution in [-0.4, -0.2) is 7.11 Å². The number of rotatable bonds is 4. The zero-order valence-corrected chi connectivity index (χ0v) is 9.27. The molecular formula is C12H12FNO3. The van der Waals surface area contributed by atoms with Crippen molar-refractivity contribution in [3.8, 4) is 11.5 Å². The SMILES string of the molecule is COc1cc(OCc2ccco2)c(F)cc1N. The minimum atomic E-state index is -0.533. The molecule has 0 atom stereocenters. The van der Waals surface area contributed by atoms with Gasteiger partial charge in [-0.05, 0) is 12.1 Å². The summed E-state index contributed by atoms with van der Waals surface area (Å²) in [6, 6.07) is 6.05. The first-order valence-corrected chi connectivity index (χ1v) is 4.99. The van der Waals surface area contributed by atoms with Crippen LogP contribution in [-0.2, 0) is 6.61 Å². The zero-order valence-electron chi connectivity index (χ0n) is 9.27. The molecule has 17 heavy (non-hydrogen) atoms. The van der Waals surface area contributed by atoms with Gasteiger partial charge < -0.3 is 19.6 Å². The molecule has 0 bridgehead atoms. The van der Waals surface area contributed by atoms with Crippen molar-refractivity contribution in [3.63, 3.8) is 0 Å². The predicted molar refractivity (Wildman–Crippen MR) is 60.4 cm³/mol. The van der Waals surface area contributed by atoms with Crippen LogP contribution in [0.3, 0.4) is 0 Å². The number of methoxy groups -OCH3 is 1. The molecule has 0 aliphatic rings. The summed E-state index contributed by atoms with van der Waals surface area (Å²) in [4.78, 5) is 0. The average Bonchev–Trinajstić information content (AvgIpc) is 2.81. The van der Waals surface area contributed by atoms with Crippen LogP contribution in [0, 0.1) is 5.82 Å². The number of ether oxygens (including phenoxy) is 2. The van der Waals surface area contributed by atoms with Crippen LogP contribution >= 0.6 is 0 Å². The molecule has 0 aliphatic carbocycles. The van der Waals surface area contributed by atoms with Gasteiger partial charge in [-0.2, -0.15) is 0 Å². The molecule has 0 spiro atoms.